The summed E-state index contributed by atoms with van der Waals surface area (Å²) in [5.41, 5.74) is -0.831. The number of para-hydroxylation sites is 1. The fourth-order valence-electron chi connectivity index (χ4n) is 6.25. The van der Waals surface area contributed by atoms with Crippen molar-refractivity contribution in [3.05, 3.63) is 74.3 Å². The number of phenols is 1. The van der Waals surface area contributed by atoms with Gasteiger partial charge in [0.1, 0.15) is 45.1 Å². The number of fused-ring (bicyclic) bond motifs is 2. The average molecular weight is 823 g/mol. The topological polar surface area (TPSA) is 281 Å². The number of carbonyl (C=O) groups excluding carboxylic acids is 4. The summed E-state index contributed by atoms with van der Waals surface area (Å²) in [4.78, 5) is 105. The molecule has 3 atom stereocenters. The molecule has 23 heteroatoms. The van der Waals surface area contributed by atoms with Gasteiger partial charge in [-0.2, -0.15) is 4.98 Å². The molecule has 3 aliphatic heterocycles. The van der Waals surface area contributed by atoms with E-state index in [0.29, 0.717) is 42.0 Å². The lowest BCUT2D eigenvalue weighted by Gasteiger charge is -2.49. The molecule has 0 saturated carbocycles. The lowest BCUT2D eigenvalue weighted by Crippen LogP contribution is -2.71. The molecule has 0 aliphatic carbocycles. The maximum absolute atomic E-state index is 13.9. The number of phenolic OH excluding ortho intramolecular Hbond substituents is 1. The summed E-state index contributed by atoms with van der Waals surface area (Å²) in [6, 6.07) is 2.91. The Morgan fingerprint density at radius 3 is 2.57 bits per heavy atom. The number of aliphatic carboxylic acids is 2. The van der Waals surface area contributed by atoms with Crippen LogP contribution in [0.4, 0.5) is 5.95 Å². The number of hydrogen-bond acceptors (Lipinski definition) is 16. The van der Waals surface area contributed by atoms with Crippen molar-refractivity contribution in [2.24, 2.45) is 0 Å². The van der Waals surface area contributed by atoms with Crippen LogP contribution in [0.15, 0.2) is 57.1 Å². The van der Waals surface area contributed by atoms with E-state index in [1.54, 1.807) is 4.90 Å². The van der Waals surface area contributed by atoms with Gasteiger partial charge in [0.05, 0.1) is 11.8 Å². The first-order chi connectivity index (χ1) is 26.9. The van der Waals surface area contributed by atoms with Crippen LogP contribution in [0, 0.1) is 0 Å². The SMILES string of the molecule is O=CN1CCN(c2ncc3c(=O)c(C(=O)NC(C(=O)NC4C(=O)N5C(C(=O)O)=C(CSc6nnc(CC(=O)O)s6)CS[C@H]45)c4ccccc4O)c[nH]c3n2)CC1. The normalized spacial score (nSPS) is 18.6. The minimum atomic E-state index is -1.60. The first-order valence-electron chi connectivity index (χ1n) is 16.7. The number of aromatic amines is 1. The number of rotatable bonds is 13. The Labute approximate surface area is 327 Å². The maximum atomic E-state index is 13.9. The smallest absolute Gasteiger partial charge is 0.352 e. The number of amides is 4. The fourth-order valence-corrected chi connectivity index (χ4v) is 9.62. The van der Waals surface area contributed by atoms with Crippen molar-refractivity contribution in [2.45, 2.75) is 28.2 Å². The molecule has 1 aromatic carbocycles. The second kappa shape index (κ2) is 16.0. The minimum Gasteiger partial charge on any atom is -0.508 e. The van der Waals surface area contributed by atoms with Crippen LogP contribution < -0.4 is 21.0 Å². The number of carboxylic acids is 2. The summed E-state index contributed by atoms with van der Waals surface area (Å²) >= 11 is 3.43. The van der Waals surface area contributed by atoms with Gasteiger partial charge in [-0.05, 0) is 11.6 Å². The second-order valence-electron chi connectivity index (χ2n) is 12.5. The molecule has 3 aromatic heterocycles. The largest absolute Gasteiger partial charge is 0.508 e. The van der Waals surface area contributed by atoms with E-state index in [0.717, 1.165) is 40.6 Å². The molecule has 0 spiro atoms. The number of piperazine rings is 1. The number of H-pyrrole nitrogens is 1. The number of pyridine rings is 1. The molecule has 2 unspecified atom stereocenters. The van der Waals surface area contributed by atoms with E-state index in [2.05, 4.69) is 35.8 Å². The Bertz CT molecular complexity index is 2360. The second-order valence-corrected chi connectivity index (χ2v) is 15.9. The van der Waals surface area contributed by atoms with Crippen molar-refractivity contribution in [1.82, 2.24) is 45.6 Å². The van der Waals surface area contributed by atoms with Crippen molar-refractivity contribution in [3.8, 4) is 5.75 Å². The van der Waals surface area contributed by atoms with Gasteiger partial charge in [0.25, 0.3) is 11.8 Å². The number of β-lactam (4-membered cyclic amide) rings is 1. The van der Waals surface area contributed by atoms with Crippen LogP contribution in [0.3, 0.4) is 0 Å². The van der Waals surface area contributed by atoms with Gasteiger partial charge in [0.15, 0.2) is 4.34 Å². The van der Waals surface area contributed by atoms with E-state index in [9.17, 15) is 43.8 Å². The van der Waals surface area contributed by atoms with E-state index >= 15 is 0 Å². The zero-order chi connectivity index (χ0) is 39.7. The molecule has 6 N–H and O–H groups in total. The van der Waals surface area contributed by atoms with Crippen molar-refractivity contribution in [2.75, 3.05) is 42.6 Å². The Kier molecular flexibility index (Phi) is 10.9. The summed E-state index contributed by atoms with van der Waals surface area (Å²) in [7, 11) is 0. The summed E-state index contributed by atoms with van der Waals surface area (Å²) < 4.78 is 0.429. The molecule has 2 fully saturated rings. The van der Waals surface area contributed by atoms with E-state index < -0.39 is 52.5 Å². The number of carboxylic acid groups (broad SMARTS) is 2. The Morgan fingerprint density at radius 2 is 1.86 bits per heavy atom. The number of aromatic hydroxyl groups is 1. The highest BCUT2D eigenvalue weighted by molar-refractivity contribution is 8.01. The van der Waals surface area contributed by atoms with Crippen LogP contribution in [-0.2, 0) is 30.4 Å². The maximum Gasteiger partial charge on any atom is 0.352 e. The first kappa shape index (κ1) is 38.2. The van der Waals surface area contributed by atoms with Gasteiger partial charge >= 0.3 is 11.9 Å². The average Bonchev–Trinajstić information content (AvgIpc) is 3.64. The highest BCUT2D eigenvalue weighted by Crippen LogP contribution is 2.42. The number of aromatic nitrogens is 5. The molecule has 2 saturated heterocycles. The third kappa shape index (κ3) is 7.59. The fraction of sp³-hybridized carbons (Fsp3) is 0.303. The quantitative estimate of drug-likeness (QED) is 0.0578. The highest BCUT2D eigenvalue weighted by atomic mass is 32.2. The lowest BCUT2D eigenvalue weighted by atomic mass is 10.00. The number of thioether (sulfide) groups is 2. The van der Waals surface area contributed by atoms with Crippen molar-refractivity contribution >= 4 is 87.9 Å². The van der Waals surface area contributed by atoms with Crippen LogP contribution in [0.2, 0.25) is 0 Å². The molecule has 4 aromatic rings. The van der Waals surface area contributed by atoms with Gasteiger partial charge in [0.2, 0.25) is 23.7 Å². The van der Waals surface area contributed by atoms with Crippen molar-refractivity contribution in [1.29, 1.82) is 0 Å². The van der Waals surface area contributed by atoms with Crippen molar-refractivity contribution in [3.63, 3.8) is 0 Å². The third-order valence-corrected chi connectivity index (χ3v) is 12.5. The third-order valence-electron chi connectivity index (χ3n) is 9.06. The zero-order valence-corrected chi connectivity index (χ0v) is 31.2. The van der Waals surface area contributed by atoms with Crippen LogP contribution in [-0.4, -0.2) is 135 Å². The molecular formula is C33H30N10O10S3. The van der Waals surface area contributed by atoms with Crippen LogP contribution >= 0.6 is 34.9 Å². The van der Waals surface area contributed by atoms with Gasteiger partial charge in [-0.25, -0.2) is 9.78 Å². The van der Waals surface area contributed by atoms with Gasteiger partial charge < -0.3 is 40.7 Å². The zero-order valence-electron chi connectivity index (χ0n) is 28.8. The molecule has 3 aliphatic rings. The standard InChI is InChI=1S/C33H30N10O10S3/c44-14-41-5-7-42(8-6-41)32-35-10-17-25(48)18(11-34-26(17)38-32)27(49)36-22(16-3-1-2-4-19(16)45)28(50)37-23-29(51)43-24(31(52)53)15(12-54-30(23)43)13-55-33-40-39-20(56-33)9-21(46)47/h1-4,10-11,14,22-23,30,45H,5-9,12-13H2,(H,36,49)(H,37,50)(H,46,47)(H,52,53)(H,34,35,38,48)/t22?,23?,30-/m1/s1. The lowest BCUT2D eigenvalue weighted by molar-refractivity contribution is -0.151. The molecule has 4 amide bonds. The minimum absolute atomic E-state index is 0.00252. The monoisotopic (exact) mass is 822 g/mol. The summed E-state index contributed by atoms with van der Waals surface area (Å²) in [6.45, 7) is 1.93. The molecule has 56 heavy (non-hydrogen) atoms. The van der Waals surface area contributed by atoms with Gasteiger partial charge in [-0.3, -0.25) is 33.7 Å². The number of nitrogens with one attached hydrogen (secondary N) is 3. The van der Waals surface area contributed by atoms with E-state index in [1.807, 2.05) is 4.90 Å². The predicted molar refractivity (Wildman–Crippen MR) is 200 cm³/mol. The molecule has 6 heterocycles. The number of nitrogens with zero attached hydrogens (tertiary/aromatic N) is 7. The van der Waals surface area contributed by atoms with E-state index in [4.69, 9.17) is 5.11 Å². The molecule has 290 valence electrons. The number of benzene rings is 1. The molecule has 7 rings (SSSR count). The van der Waals surface area contributed by atoms with Crippen molar-refractivity contribution < 1.29 is 44.1 Å². The summed E-state index contributed by atoms with van der Waals surface area (Å²) in [5, 5.41) is 42.1. The summed E-state index contributed by atoms with van der Waals surface area (Å²) in [5.74, 6) is -4.74. The highest BCUT2D eigenvalue weighted by Gasteiger charge is 2.54. The number of hydrogen-bond donors (Lipinski definition) is 6. The predicted octanol–water partition coefficient (Wildman–Crippen LogP) is -0.217. The Hall–Kier alpha value is -6.07. The molecular weight excluding hydrogens is 793 g/mol. The molecule has 20 nitrogen and oxygen atoms in total. The summed E-state index contributed by atoms with van der Waals surface area (Å²) in [6.07, 6.45) is 2.89. The van der Waals surface area contributed by atoms with Crippen LogP contribution in [0.25, 0.3) is 11.0 Å². The van der Waals surface area contributed by atoms with Gasteiger partial charge in [0, 0.05) is 55.6 Å². The van der Waals surface area contributed by atoms with E-state index in [-0.39, 0.29) is 56.5 Å². The van der Waals surface area contributed by atoms with Gasteiger partial charge in [-0.1, -0.05) is 41.3 Å². The number of anilines is 1. The van der Waals surface area contributed by atoms with Crippen LogP contribution in [0.1, 0.15) is 27.0 Å². The van der Waals surface area contributed by atoms with Crippen LogP contribution in [0.5, 0.6) is 5.75 Å². The van der Waals surface area contributed by atoms with Gasteiger partial charge in [-0.15, -0.1) is 22.0 Å². The molecule has 0 bridgehead atoms. The molecule has 0 radical (unpaired) electrons. The Balaban J connectivity index is 1.07. The first-order valence-corrected chi connectivity index (χ1v) is 19.6. The number of carbonyl (C=O) groups is 6. The Morgan fingerprint density at radius 1 is 1.09 bits per heavy atom. The van der Waals surface area contributed by atoms with E-state index in [1.165, 1.54) is 42.2 Å².